The molecule has 1 nitrogen and oxygen atoms in total. The summed E-state index contributed by atoms with van der Waals surface area (Å²) in [5.74, 6) is 1.75. The van der Waals surface area contributed by atoms with Gasteiger partial charge in [0, 0.05) is 18.0 Å². The predicted octanol–water partition coefficient (Wildman–Crippen LogP) is 4.47. The van der Waals surface area contributed by atoms with Crippen LogP contribution in [0.5, 0.6) is 0 Å². The Morgan fingerprint density at radius 1 is 1.29 bits per heavy atom. The summed E-state index contributed by atoms with van der Waals surface area (Å²) in [6.07, 6.45) is 3.87. The number of unbranched alkanes of at least 4 members (excludes halogenated alkanes) is 1. The number of hydrogen-bond acceptors (Lipinski definition) is 2. The Morgan fingerprint density at radius 2 is 2.12 bits per heavy atom. The second-order valence-electron chi connectivity index (χ2n) is 4.51. The maximum atomic E-state index is 4.77. The van der Waals surface area contributed by atoms with Crippen molar-refractivity contribution in [2.24, 2.45) is 4.99 Å². The summed E-state index contributed by atoms with van der Waals surface area (Å²) in [4.78, 5) is 4.77. The third-order valence-corrected chi connectivity index (χ3v) is 4.18. The molecule has 17 heavy (non-hydrogen) atoms. The Kier molecular flexibility index (Phi) is 4.66. The van der Waals surface area contributed by atoms with Gasteiger partial charge in [-0.1, -0.05) is 51.0 Å². The summed E-state index contributed by atoms with van der Waals surface area (Å²) in [5, 5.41) is 1.25. The molecule has 1 aliphatic rings. The van der Waals surface area contributed by atoms with Crippen molar-refractivity contribution >= 4 is 16.8 Å². The first-order valence-corrected chi connectivity index (χ1v) is 7.61. The number of fused-ring (bicyclic) bond motifs is 1. The maximum Gasteiger partial charge on any atom is 0.0979 e. The first kappa shape index (κ1) is 12.7. The summed E-state index contributed by atoms with van der Waals surface area (Å²) in [5.41, 5.74) is 2.90. The summed E-state index contributed by atoms with van der Waals surface area (Å²) in [7, 11) is 0. The van der Waals surface area contributed by atoms with Gasteiger partial charge in [-0.3, -0.25) is 4.99 Å². The van der Waals surface area contributed by atoms with E-state index in [1.165, 1.54) is 35.4 Å². The van der Waals surface area contributed by atoms with E-state index in [1.54, 1.807) is 0 Å². The van der Waals surface area contributed by atoms with E-state index in [9.17, 15) is 0 Å². The fraction of sp³-hybridized carbons (Fsp3) is 0.533. The molecule has 1 aromatic rings. The van der Waals surface area contributed by atoms with E-state index < -0.39 is 0 Å². The van der Waals surface area contributed by atoms with Gasteiger partial charge in [0.25, 0.3) is 0 Å². The minimum absolute atomic E-state index is 0.646. The molecular weight excluding hydrogens is 226 g/mol. The quantitative estimate of drug-likeness (QED) is 0.764. The molecular formula is C15H21NS. The van der Waals surface area contributed by atoms with Crippen molar-refractivity contribution in [2.45, 2.75) is 39.0 Å². The standard InChI is InChI=1S/C15H21NS/c1-3-5-8-12-11-16-15(17-4-2)14-10-7-6-9-13(12)14/h6-7,9-10,12H,3-5,8,11H2,1-2H3. The van der Waals surface area contributed by atoms with E-state index in [0.717, 1.165) is 12.3 Å². The number of hydrogen-bond donors (Lipinski definition) is 0. The molecule has 1 aliphatic heterocycles. The lowest BCUT2D eigenvalue weighted by molar-refractivity contribution is 0.588. The largest absolute Gasteiger partial charge is 0.277 e. The van der Waals surface area contributed by atoms with E-state index >= 15 is 0 Å². The summed E-state index contributed by atoms with van der Waals surface area (Å²) >= 11 is 1.87. The van der Waals surface area contributed by atoms with Gasteiger partial charge in [0.15, 0.2) is 0 Å². The van der Waals surface area contributed by atoms with Crippen LogP contribution in [0.25, 0.3) is 0 Å². The highest BCUT2D eigenvalue weighted by Gasteiger charge is 2.21. The minimum atomic E-state index is 0.646. The highest BCUT2D eigenvalue weighted by atomic mass is 32.2. The lowest BCUT2D eigenvalue weighted by Gasteiger charge is -2.24. The normalized spacial score (nSPS) is 18.7. The molecule has 0 radical (unpaired) electrons. The van der Waals surface area contributed by atoms with Crippen molar-refractivity contribution in [3.8, 4) is 0 Å². The molecule has 0 N–H and O–H groups in total. The Bertz CT molecular complexity index is 398. The fourth-order valence-electron chi connectivity index (χ4n) is 2.38. The second kappa shape index (κ2) is 6.25. The van der Waals surface area contributed by atoms with Crippen LogP contribution in [-0.4, -0.2) is 17.3 Å². The number of benzene rings is 1. The molecule has 1 heterocycles. The van der Waals surface area contributed by atoms with E-state index in [1.807, 2.05) is 11.8 Å². The molecule has 0 amide bonds. The van der Waals surface area contributed by atoms with E-state index in [4.69, 9.17) is 4.99 Å². The number of thioether (sulfide) groups is 1. The van der Waals surface area contributed by atoms with Gasteiger partial charge >= 0.3 is 0 Å². The van der Waals surface area contributed by atoms with Crippen LogP contribution in [0.15, 0.2) is 29.3 Å². The zero-order valence-electron chi connectivity index (χ0n) is 10.8. The molecule has 0 bridgehead atoms. The van der Waals surface area contributed by atoms with Crippen LogP contribution in [0.4, 0.5) is 0 Å². The number of nitrogens with zero attached hydrogens (tertiary/aromatic N) is 1. The van der Waals surface area contributed by atoms with Crippen LogP contribution < -0.4 is 0 Å². The van der Waals surface area contributed by atoms with Gasteiger partial charge in [-0.2, -0.15) is 0 Å². The van der Waals surface area contributed by atoms with Crippen LogP contribution in [0.3, 0.4) is 0 Å². The van der Waals surface area contributed by atoms with Crippen LogP contribution in [0.2, 0.25) is 0 Å². The van der Waals surface area contributed by atoms with Crippen molar-refractivity contribution in [3.05, 3.63) is 35.4 Å². The van der Waals surface area contributed by atoms with Crippen molar-refractivity contribution in [1.29, 1.82) is 0 Å². The Morgan fingerprint density at radius 3 is 2.88 bits per heavy atom. The molecule has 1 atom stereocenters. The highest BCUT2D eigenvalue weighted by molar-refractivity contribution is 8.14. The molecule has 2 heteroatoms. The summed E-state index contributed by atoms with van der Waals surface area (Å²) < 4.78 is 0. The molecule has 0 fully saturated rings. The zero-order valence-corrected chi connectivity index (χ0v) is 11.6. The fourth-order valence-corrected chi connectivity index (χ4v) is 3.16. The van der Waals surface area contributed by atoms with Gasteiger partial charge in [0.1, 0.15) is 0 Å². The van der Waals surface area contributed by atoms with Gasteiger partial charge < -0.3 is 0 Å². The molecule has 92 valence electrons. The molecule has 1 aromatic carbocycles. The molecule has 1 unspecified atom stereocenters. The monoisotopic (exact) mass is 247 g/mol. The second-order valence-corrected chi connectivity index (χ2v) is 5.76. The van der Waals surface area contributed by atoms with Crippen molar-refractivity contribution in [2.75, 3.05) is 12.3 Å². The lowest BCUT2D eigenvalue weighted by Crippen LogP contribution is -2.16. The molecule has 0 aliphatic carbocycles. The van der Waals surface area contributed by atoms with Gasteiger partial charge in [-0.05, 0) is 17.7 Å². The molecule has 0 saturated carbocycles. The van der Waals surface area contributed by atoms with Crippen molar-refractivity contribution in [1.82, 2.24) is 0 Å². The third kappa shape index (κ3) is 2.92. The van der Waals surface area contributed by atoms with Crippen LogP contribution in [0, 0.1) is 0 Å². The lowest BCUT2D eigenvalue weighted by atomic mass is 9.88. The topological polar surface area (TPSA) is 12.4 Å². The predicted molar refractivity (Wildman–Crippen MR) is 78.2 cm³/mol. The molecule has 0 spiro atoms. The Balaban J connectivity index is 2.23. The average Bonchev–Trinajstić information content (AvgIpc) is 2.38. The highest BCUT2D eigenvalue weighted by Crippen LogP contribution is 2.32. The smallest absolute Gasteiger partial charge is 0.0979 e. The van der Waals surface area contributed by atoms with Crippen molar-refractivity contribution in [3.63, 3.8) is 0 Å². The van der Waals surface area contributed by atoms with E-state index in [2.05, 4.69) is 38.1 Å². The molecule has 2 rings (SSSR count). The van der Waals surface area contributed by atoms with Gasteiger partial charge in [-0.25, -0.2) is 0 Å². The number of aliphatic imine (C=N–C) groups is 1. The van der Waals surface area contributed by atoms with Crippen molar-refractivity contribution < 1.29 is 0 Å². The van der Waals surface area contributed by atoms with Gasteiger partial charge in [0.2, 0.25) is 0 Å². The van der Waals surface area contributed by atoms with E-state index in [-0.39, 0.29) is 0 Å². The van der Waals surface area contributed by atoms with Crippen LogP contribution in [-0.2, 0) is 0 Å². The minimum Gasteiger partial charge on any atom is -0.277 e. The SMILES string of the molecule is CCCCC1CN=C(SCC)c2ccccc21. The first-order valence-electron chi connectivity index (χ1n) is 6.63. The molecule has 0 saturated heterocycles. The molecule has 0 aromatic heterocycles. The summed E-state index contributed by atoms with van der Waals surface area (Å²) in [6.45, 7) is 5.44. The van der Waals surface area contributed by atoms with E-state index in [0.29, 0.717) is 5.92 Å². The van der Waals surface area contributed by atoms with Crippen LogP contribution >= 0.6 is 11.8 Å². The summed E-state index contributed by atoms with van der Waals surface area (Å²) in [6, 6.07) is 8.82. The van der Waals surface area contributed by atoms with Gasteiger partial charge in [0.05, 0.1) is 5.04 Å². The number of rotatable bonds is 4. The Hall–Kier alpha value is -0.760. The average molecular weight is 247 g/mol. The Labute approximate surface area is 109 Å². The third-order valence-electron chi connectivity index (χ3n) is 3.27. The van der Waals surface area contributed by atoms with Gasteiger partial charge in [-0.15, -0.1) is 11.8 Å². The maximum absolute atomic E-state index is 4.77. The first-order chi connectivity index (χ1) is 8.36. The zero-order chi connectivity index (χ0) is 12.1. The van der Waals surface area contributed by atoms with Crippen LogP contribution in [0.1, 0.15) is 50.2 Å².